The molecule has 0 spiro atoms. The Kier molecular flexibility index (Phi) is 3.63. The van der Waals surface area contributed by atoms with Crippen molar-refractivity contribution >= 4 is 23.5 Å². The van der Waals surface area contributed by atoms with Crippen LogP contribution in [0, 0.1) is 6.92 Å². The van der Waals surface area contributed by atoms with Crippen LogP contribution in [0.25, 0.3) is 6.08 Å². The number of aryl methyl sites for hydroxylation is 2. The van der Waals surface area contributed by atoms with Crippen molar-refractivity contribution < 1.29 is 4.79 Å². The number of ketones is 1. The number of carbonyl (C=O) groups is 1. The highest BCUT2D eigenvalue weighted by Gasteiger charge is 2.11. The average molecular weight is 261 g/mol. The molecule has 4 heteroatoms. The number of halogens is 1. The monoisotopic (exact) mass is 260 g/mol. The number of nitrogens with zero attached hydrogens (tertiary/aromatic N) is 2. The molecule has 0 amide bonds. The molecule has 2 aromatic rings. The first-order chi connectivity index (χ1) is 8.56. The van der Waals surface area contributed by atoms with Gasteiger partial charge in [-0.3, -0.25) is 9.48 Å². The van der Waals surface area contributed by atoms with E-state index in [2.05, 4.69) is 5.10 Å². The van der Waals surface area contributed by atoms with E-state index in [0.717, 1.165) is 5.56 Å². The molecule has 0 radical (unpaired) electrons. The van der Waals surface area contributed by atoms with Crippen molar-refractivity contribution in [3.05, 3.63) is 58.4 Å². The highest BCUT2D eigenvalue weighted by Crippen LogP contribution is 2.15. The summed E-state index contributed by atoms with van der Waals surface area (Å²) in [6.45, 7) is 2.02. The van der Waals surface area contributed by atoms with Gasteiger partial charge in [-0.2, -0.15) is 5.10 Å². The number of carbonyl (C=O) groups excluding carboxylic acids is 1. The summed E-state index contributed by atoms with van der Waals surface area (Å²) in [5.74, 6) is -0.193. The van der Waals surface area contributed by atoms with Gasteiger partial charge in [0.15, 0.2) is 5.69 Å². The molecule has 3 nitrogen and oxygen atoms in total. The Morgan fingerprint density at radius 2 is 2.00 bits per heavy atom. The number of aromatic nitrogens is 2. The maximum Gasteiger partial charge on any atom is 0.207 e. The molecule has 0 aliphatic rings. The van der Waals surface area contributed by atoms with Crippen molar-refractivity contribution in [1.82, 2.24) is 9.78 Å². The molecule has 1 aromatic carbocycles. The Hall–Kier alpha value is -1.87. The predicted octanol–water partition coefficient (Wildman–Crippen LogP) is 3.28. The van der Waals surface area contributed by atoms with Gasteiger partial charge in [-0.1, -0.05) is 47.5 Å². The molecule has 0 aliphatic heterocycles. The molecule has 0 aliphatic carbocycles. The van der Waals surface area contributed by atoms with E-state index < -0.39 is 0 Å². The molecule has 0 unspecified atom stereocenters. The highest BCUT2D eigenvalue weighted by molar-refractivity contribution is 6.34. The first-order valence-corrected chi connectivity index (χ1v) is 5.92. The van der Waals surface area contributed by atoms with Crippen LogP contribution in [0.4, 0.5) is 0 Å². The van der Waals surface area contributed by atoms with Gasteiger partial charge in [0, 0.05) is 13.2 Å². The van der Waals surface area contributed by atoms with Crippen LogP contribution in [-0.4, -0.2) is 15.6 Å². The fraction of sp³-hybridized carbons (Fsp3) is 0.143. The molecule has 0 saturated heterocycles. The molecule has 0 fully saturated rings. The van der Waals surface area contributed by atoms with Crippen molar-refractivity contribution in [2.45, 2.75) is 6.92 Å². The van der Waals surface area contributed by atoms with Gasteiger partial charge in [0.25, 0.3) is 0 Å². The average Bonchev–Trinajstić information content (AvgIpc) is 2.67. The lowest BCUT2D eigenvalue weighted by molar-refractivity contribution is 0.104. The van der Waals surface area contributed by atoms with Crippen LogP contribution < -0.4 is 0 Å². The third kappa shape index (κ3) is 2.87. The quantitative estimate of drug-likeness (QED) is 0.627. The Morgan fingerprint density at radius 3 is 2.56 bits per heavy atom. The molecule has 0 saturated carbocycles. The summed E-state index contributed by atoms with van der Waals surface area (Å²) >= 11 is 5.90. The molecular formula is C14H13ClN2O. The largest absolute Gasteiger partial charge is 0.287 e. The summed E-state index contributed by atoms with van der Waals surface area (Å²) in [4.78, 5) is 11.9. The SMILES string of the molecule is Cc1ccc(/C=C/C(=O)c2nn(C)cc2Cl)cc1. The maximum atomic E-state index is 11.9. The van der Waals surface area contributed by atoms with Gasteiger partial charge in [-0.25, -0.2) is 0 Å². The molecule has 1 heterocycles. The van der Waals surface area contributed by atoms with Crippen molar-refractivity contribution in [3.8, 4) is 0 Å². The lowest BCUT2D eigenvalue weighted by atomic mass is 10.1. The third-order valence-corrected chi connectivity index (χ3v) is 2.80. The second-order valence-corrected chi connectivity index (χ2v) is 4.51. The number of hydrogen-bond donors (Lipinski definition) is 0. The van der Waals surface area contributed by atoms with E-state index in [4.69, 9.17) is 11.6 Å². The van der Waals surface area contributed by atoms with Crippen molar-refractivity contribution in [1.29, 1.82) is 0 Å². The van der Waals surface area contributed by atoms with Crippen molar-refractivity contribution in [2.24, 2.45) is 7.05 Å². The van der Waals surface area contributed by atoms with Gasteiger partial charge in [-0.05, 0) is 18.6 Å². The molecule has 0 atom stereocenters. The van der Waals surface area contributed by atoms with Crippen LogP contribution in [0.3, 0.4) is 0 Å². The minimum atomic E-state index is -0.193. The first-order valence-electron chi connectivity index (χ1n) is 5.54. The summed E-state index contributed by atoms with van der Waals surface area (Å²) in [6, 6.07) is 7.91. The van der Waals surface area contributed by atoms with Crippen LogP contribution in [-0.2, 0) is 7.05 Å². The lowest BCUT2D eigenvalue weighted by Gasteiger charge is -1.94. The number of rotatable bonds is 3. The number of allylic oxidation sites excluding steroid dienone is 1. The first kappa shape index (κ1) is 12.6. The summed E-state index contributed by atoms with van der Waals surface area (Å²) < 4.78 is 1.52. The van der Waals surface area contributed by atoms with Crippen LogP contribution in [0.15, 0.2) is 36.5 Å². The van der Waals surface area contributed by atoms with E-state index in [1.54, 1.807) is 19.3 Å². The Balaban J connectivity index is 2.16. The van der Waals surface area contributed by atoms with E-state index in [-0.39, 0.29) is 11.5 Å². The second kappa shape index (κ2) is 5.19. The maximum absolute atomic E-state index is 11.9. The minimum Gasteiger partial charge on any atom is -0.287 e. The van der Waals surface area contributed by atoms with Gasteiger partial charge in [0.2, 0.25) is 5.78 Å². The van der Waals surface area contributed by atoms with Crippen LogP contribution in [0.1, 0.15) is 21.6 Å². The van der Waals surface area contributed by atoms with Gasteiger partial charge in [0.05, 0.1) is 5.02 Å². The molecular weight excluding hydrogens is 248 g/mol. The Morgan fingerprint density at radius 1 is 1.33 bits per heavy atom. The number of benzene rings is 1. The van der Waals surface area contributed by atoms with E-state index >= 15 is 0 Å². The predicted molar refractivity (Wildman–Crippen MR) is 72.8 cm³/mol. The zero-order valence-corrected chi connectivity index (χ0v) is 11.0. The Bertz CT molecular complexity index is 597. The van der Waals surface area contributed by atoms with E-state index in [0.29, 0.717) is 5.02 Å². The zero-order chi connectivity index (χ0) is 13.1. The van der Waals surface area contributed by atoms with Gasteiger partial charge in [0.1, 0.15) is 0 Å². The van der Waals surface area contributed by atoms with E-state index in [9.17, 15) is 4.79 Å². The fourth-order valence-corrected chi connectivity index (χ4v) is 1.83. The highest BCUT2D eigenvalue weighted by atomic mass is 35.5. The van der Waals surface area contributed by atoms with Crippen molar-refractivity contribution in [3.63, 3.8) is 0 Å². The van der Waals surface area contributed by atoms with Crippen LogP contribution >= 0.6 is 11.6 Å². The normalized spacial score (nSPS) is 11.1. The summed E-state index contributed by atoms with van der Waals surface area (Å²) in [5.41, 5.74) is 2.44. The summed E-state index contributed by atoms with van der Waals surface area (Å²) in [5, 5.41) is 4.39. The topological polar surface area (TPSA) is 34.9 Å². The summed E-state index contributed by atoms with van der Waals surface area (Å²) in [6.07, 6.45) is 4.85. The van der Waals surface area contributed by atoms with Crippen LogP contribution in [0.5, 0.6) is 0 Å². The molecule has 92 valence electrons. The molecule has 18 heavy (non-hydrogen) atoms. The standard InChI is InChI=1S/C14H13ClN2O/c1-10-3-5-11(6-4-10)7-8-13(18)14-12(15)9-17(2)16-14/h3-9H,1-2H3/b8-7+. The minimum absolute atomic E-state index is 0.193. The van der Waals surface area contributed by atoms with Gasteiger partial charge >= 0.3 is 0 Å². The molecule has 2 rings (SSSR count). The molecule has 0 N–H and O–H groups in total. The third-order valence-electron chi connectivity index (χ3n) is 2.52. The van der Waals surface area contributed by atoms with Gasteiger partial charge in [-0.15, -0.1) is 0 Å². The summed E-state index contributed by atoms with van der Waals surface area (Å²) in [7, 11) is 1.73. The van der Waals surface area contributed by atoms with E-state index in [1.165, 1.54) is 16.3 Å². The molecule has 1 aromatic heterocycles. The van der Waals surface area contributed by atoms with Gasteiger partial charge < -0.3 is 0 Å². The lowest BCUT2D eigenvalue weighted by Crippen LogP contribution is -1.98. The second-order valence-electron chi connectivity index (χ2n) is 4.11. The number of hydrogen-bond acceptors (Lipinski definition) is 2. The van der Waals surface area contributed by atoms with Crippen molar-refractivity contribution in [2.75, 3.05) is 0 Å². The van der Waals surface area contributed by atoms with Crippen LogP contribution in [0.2, 0.25) is 5.02 Å². The zero-order valence-electron chi connectivity index (χ0n) is 10.2. The molecule has 0 bridgehead atoms. The Labute approximate surface area is 111 Å². The van der Waals surface area contributed by atoms with E-state index in [1.807, 2.05) is 31.2 Å². The smallest absolute Gasteiger partial charge is 0.207 e. The fourth-order valence-electron chi connectivity index (χ4n) is 1.55.